The van der Waals surface area contributed by atoms with Crippen LogP contribution in [0.15, 0.2) is 29.7 Å². The summed E-state index contributed by atoms with van der Waals surface area (Å²) in [6, 6.07) is 5.19. The lowest BCUT2D eigenvalue weighted by atomic mass is 10.2. The molecule has 1 aromatic heterocycles. The third-order valence-corrected chi connectivity index (χ3v) is 2.81. The largest absolute Gasteiger partial charge is 0.409 e. The predicted octanol–water partition coefficient (Wildman–Crippen LogP) is 1.73. The first kappa shape index (κ1) is 12.7. The second kappa shape index (κ2) is 5.24. The molecule has 3 N–H and O–H groups in total. The molecular formula is C10H9Cl2N5O. The molecule has 2 aromatic rings. The smallest absolute Gasteiger partial charge is 0.219 e. The molecule has 0 atom stereocenters. The van der Waals surface area contributed by atoms with Gasteiger partial charge >= 0.3 is 0 Å². The van der Waals surface area contributed by atoms with E-state index in [9.17, 15) is 0 Å². The van der Waals surface area contributed by atoms with Crippen molar-refractivity contribution in [3.05, 3.63) is 46.0 Å². The Morgan fingerprint density at radius 1 is 1.44 bits per heavy atom. The molecule has 0 aliphatic rings. The Bertz CT molecular complexity index is 596. The van der Waals surface area contributed by atoms with Crippen molar-refractivity contribution < 1.29 is 5.21 Å². The van der Waals surface area contributed by atoms with Gasteiger partial charge in [-0.2, -0.15) is 0 Å². The Balaban J connectivity index is 2.21. The van der Waals surface area contributed by atoms with Crippen LogP contribution in [0.2, 0.25) is 10.0 Å². The molecule has 0 radical (unpaired) electrons. The Morgan fingerprint density at radius 3 is 2.89 bits per heavy atom. The minimum atomic E-state index is -0.143. The average molecular weight is 286 g/mol. The molecule has 18 heavy (non-hydrogen) atoms. The Hall–Kier alpha value is -1.79. The molecule has 2 rings (SSSR count). The van der Waals surface area contributed by atoms with E-state index in [1.54, 1.807) is 18.2 Å². The maximum atomic E-state index is 8.50. The molecule has 1 heterocycles. The van der Waals surface area contributed by atoms with E-state index in [0.717, 1.165) is 5.56 Å². The Morgan fingerprint density at radius 2 is 2.22 bits per heavy atom. The first-order chi connectivity index (χ1) is 8.60. The third kappa shape index (κ3) is 2.72. The van der Waals surface area contributed by atoms with Crippen molar-refractivity contribution in [1.82, 2.24) is 14.8 Å². The van der Waals surface area contributed by atoms with Crippen LogP contribution in [-0.4, -0.2) is 25.8 Å². The van der Waals surface area contributed by atoms with E-state index >= 15 is 0 Å². The first-order valence-electron chi connectivity index (χ1n) is 4.91. The summed E-state index contributed by atoms with van der Waals surface area (Å²) in [6.45, 7) is 0.418. The van der Waals surface area contributed by atoms with Crippen LogP contribution in [0, 0.1) is 0 Å². The van der Waals surface area contributed by atoms with Crippen molar-refractivity contribution >= 4 is 29.0 Å². The highest BCUT2D eigenvalue weighted by molar-refractivity contribution is 6.35. The SMILES string of the molecule is NC(=NO)c1ncn(Cc2ccc(Cl)cc2Cl)n1. The van der Waals surface area contributed by atoms with E-state index in [1.807, 2.05) is 0 Å². The van der Waals surface area contributed by atoms with Gasteiger partial charge in [-0.15, -0.1) is 5.10 Å². The van der Waals surface area contributed by atoms with Gasteiger partial charge in [0.25, 0.3) is 0 Å². The molecule has 0 spiro atoms. The van der Waals surface area contributed by atoms with Crippen LogP contribution < -0.4 is 5.73 Å². The van der Waals surface area contributed by atoms with E-state index in [-0.39, 0.29) is 11.7 Å². The van der Waals surface area contributed by atoms with Gasteiger partial charge in [-0.25, -0.2) is 9.67 Å². The predicted molar refractivity (Wildman–Crippen MR) is 68.1 cm³/mol. The van der Waals surface area contributed by atoms with E-state index in [0.29, 0.717) is 16.6 Å². The lowest BCUT2D eigenvalue weighted by molar-refractivity contribution is 0.318. The second-order valence-electron chi connectivity index (χ2n) is 3.49. The van der Waals surface area contributed by atoms with Gasteiger partial charge in [-0.1, -0.05) is 34.4 Å². The molecule has 0 aliphatic heterocycles. The molecule has 0 saturated carbocycles. The molecule has 0 aliphatic carbocycles. The van der Waals surface area contributed by atoms with Gasteiger partial charge in [0.2, 0.25) is 11.7 Å². The van der Waals surface area contributed by atoms with Crippen molar-refractivity contribution in [3.8, 4) is 0 Å². The fourth-order valence-electron chi connectivity index (χ4n) is 1.36. The van der Waals surface area contributed by atoms with Gasteiger partial charge in [0.1, 0.15) is 6.33 Å². The highest BCUT2D eigenvalue weighted by Gasteiger charge is 2.07. The highest BCUT2D eigenvalue weighted by Crippen LogP contribution is 2.21. The van der Waals surface area contributed by atoms with Crippen molar-refractivity contribution in [2.45, 2.75) is 6.54 Å². The summed E-state index contributed by atoms with van der Waals surface area (Å²) in [5, 5.41) is 16.5. The van der Waals surface area contributed by atoms with Crippen LogP contribution in [0.3, 0.4) is 0 Å². The summed E-state index contributed by atoms with van der Waals surface area (Å²) in [7, 11) is 0. The number of hydrogen-bond donors (Lipinski definition) is 2. The summed E-state index contributed by atoms with van der Waals surface area (Å²) < 4.78 is 1.53. The number of aromatic nitrogens is 3. The third-order valence-electron chi connectivity index (χ3n) is 2.22. The number of nitrogens with zero attached hydrogens (tertiary/aromatic N) is 4. The zero-order valence-corrected chi connectivity index (χ0v) is 10.6. The number of hydrogen-bond acceptors (Lipinski definition) is 4. The molecule has 6 nitrogen and oxygen atoms in total. The number of nitrogens with two attached hydrogens (primary N) is 1. The van der Waals surface area contributed by atoms with Gasteiger partial charge in [-0.3, -0.25) is 0 Å². The van der Waals surface area contributed by atoms with Crippen molar-refractivity contribution in [1.29, 1.82) is 0 Å². The number of amidine groups is 1. The monoisotopic (exact) mass is 285 g/mol. The van der Waals surface area contributed by atoms with Crippen LogP contribution in [-0.2, 0) is 6.54 Å². The van der Waals surface area contributed by atoms with Crippen molar-refractivity contribution in [2.75, 3.05) is 0 Å². The van der Waals surface area contributed by atoms with Crippen LogP contribution >= 0.6 is 23.2 Å². The summed E-state index contributed by atoms with van der Waals surface area (Å²) in [6.07, 6.45) is 1.47. The maximum absolute atomic E-state index is 8.50. The summed E-state index contributed by atoms with van der Waals surface area (Å²) >= 11 is 11.8. The number of benzene rings is 1. The van der Waals surface area contributed by atoms with E-state index < -0.39 is 0 Å². The van der Waals surface area contributed by atoms with Gasteiger partial charge in [0.15, 0.2) is 0 Å². The molecule has 0 unspecified atom stereocenters. The highest BCUT2D eigenvalue weighted by atomic mass is 35.5. The van der Waals surface area contributed by atoms with Gasteiger partial charge < -0.3 is 10.9 Å². The van der Waals surface area contributed by atoms with Crippen LogP contribution in [0.1, 0.15) is 11.4 Å². The minimum Gasteiger partial charge on any atom is -0.409 e. The van der Waals surface area contributed by atoms with Gasteiger partial charge in [0, 0.05) is 10.0 Å². The lowest BCUT2D eigenvalue weighted by Gasteiger charge is -2.04. The summed E-state index contributed by atoms with van der Waals surface area (Å²) in [5.41, 5.74) is 6.21. The molecule has 1 aromatic carbocycles. The standard InChI is InChI=1S/C10H9Cl2N5O/c11-7-2-1-6(8(12)3-7)4-17-5-14-10(15-17)9(13)16-18/h1-3,5,18H,4H2,(H2,13,16). The topological polar surface area (TPSA) is 89.3 Å². The molecular weight excluding hydrogens is 277 g/mol. The van der Waals surface area contributed by atoms with Crippen LogP contribution in [0.5, 0.6) is 0 Å². The van der Waals surface area contributed by atoms with E-state index in [1.165, 1.54) is 11.0 Å². The molecule has 8 heteroatoms. The zero-order chi connectivity index (χ0) is 13.1. The van der Waals surface area contributed by atoms with Crippen LogP contribution in [0.25, 0.3) is 0 Å². The second-order valence-corrected chi connectivity index (χ2v) is 4.33. The molecule has 0 saturated heterocycles. The Kier molecular flexibility index (Phi) is 3.69. The quantitative estimate of drug-likeness (QED) is 0.389. The number of rotatable bonds is 3. The van der Waals surface area contributed by atoms with Gasteiger partial charge in [0.05, 0.1) is 6.54 Å². The fourth-order valence-corrected chi connectivity index (χ4v) is 1.83. The van der Waals surface area contributed by atoms with Crippen LogP contribution in [0.4, 0.5) is 0 Å². The summed E-state index contributed by atoms with van der Waals surface area (Å²) in [4.78, 5) is 3.90. The molecule has 94 valence electrons. The first-order valence-corrected chi connectivity index (χ1v) is 5.67. The fraction of sp³-hybridized carbons (Fsp3) is 0.100. The maximum Gasteiger partial charge on any atom is 0.219 e. The number of halogens is 2. The van der Waals surface area contributed by atoms with Gasteiger partial charge in [-0.05, 0) is 17.7 Å². The zero-order valence-electron chi connectivity index (χ0n) is 9.09. The van der Waals surface area contributed by atoms with E-state index in [2.05, 4.69) is 15.2 Å². The molecule has 0 amide bonds. The van der Waals surface area contributed by atoms with Crippen molar-refractivity contribution in [2.24, 2.45) is 10.9 Å². The minimum absolute atomic E-state index is 0.143. The van der Waals surface area contributed by atoms with Crippen molar-refractivity contribution in [3.63, 3.8) is 0 Å². The average Bonchev–Trinajstić information content (AvgIpc) is 2.80. The molecule has 0 fully saturated rings. The number of oxime groups is 1. The molecule has 0 bridgehead atoms. The summed E-state index contributed by atoms with van der Waals surface area (Å²) in [5.74, 6) is 0.0125. The van der Waals surface area contributed by atoms with E-state index in [4.69, 9.17) is 34.1 Å². The Labute approximate surface area is 113 Å². The normalized spacial score (nSPS) is 11.8. The lowest BCUT2D eigenvalue weighted by Crippen LogP contribution is -2.15.